The molecule has 98 valence electrons. The van der Waals surface area contributed by atoms with E-state index in [-0.39, 0.29) is 11.6 Å². The fraction of sp³-hybridized carbons (Fsp3) is 0.143. The van der Waals surface area contributed by atoms with Gasteiger partial charge in [0.1, 0.15) is 5.82 Å². The number of aromatic nitrogens is 1. The number of rotatable bonds is 4. The molecule has 0 aliphatic carbocycles. The molecule has 0 atom stereocenters. The highest BCUT2D eigenvalue weighted by Gasteiger charge is 2.05. The Balaban J connectivity index is 2.07. The second-order valence-electron chi connectivity index (χ2n) is 4.16. The Hall–Kier alpha value is -2.43. The number of benzene rings is 1. The van der Waals surface area contributed by atoms with Crippen LogP contribution in [0.4, 0.5) is 10.3 Å². The van der Waals surface area contributed by atoms with Gasteiger partial charge in [-0.1, -0.05) is 5.16 Å². The molecular weight excluding hydrogens is 247 g/mol. The summed E-state index contributed by atoms with van der Waals surface area (Å²) in [4.78, 5) is 11.9. The molecule has 0 radical (unpaired) electrons. The van der Waals surface area contributed by atoms with Crippen LogP contribution in [0.5, 0.6) is 0 Å². The first-order valence-electron chi connectivity index (χ1n) is 5.73. The molecule has 2 rings (SSSR count). The van der Waals surface area contributed by atoms with E-state index in [9.17, 15) is 9.18 Å². The highest BCUT2D eigenvalue weighted by atomic mass is 19.1. The van der Waals surface area contributed by atoms with Gasteiger partial charge in [0.05, 0.1) is 5.69 Å². The topological polar surface area (TPSA) is 55.1 Å². The lowest BCUT2D eigenvalue weighted by atomic mass is 10.1. The highest BCUT2D eigenvalue weighted by molar-refractivity contribution is 6.05. The highest BCUT2D eigenvalue weighted by Crippen LogP contribution is 2.12. The molecule has 0 aliphatic rings. The Morgan fingerprint density at radius 2 is 2.05 bits per heavy atom. The van der Waals surface area contributed by atoms with E-state index in [4.69, 9.17) is 4.52 Å². The standard InChI is InChI=1S/C14H13FN2O2/c1-9(16-14-8-10(2)17-19-14)7-13(18)11-3-5-12(15)6-4-11/h3-8,16H,1-2H3/b9-7-. The lowest BCUT2D eigenvalue weighted by Crippen LogP contribution is -2.00. The molecule has 0 bridgehead atoms. The Morgan fingerprint density at radius 3 is 2.63 bits per heavy atom. The van der Waals surface area contributed by atoms with Crippen LogP contribution < -0.4 is 5.32 Å². The van der Waals surface area contributed by atoms with Gasteiger partial charge in [0.25, 0.3) is 0 Å². The Labute approximate surface area is 109 Å². The molecule has 2 aromatic rings. The van der Waals surface area contributed by atoms with E-state index >= 15 is 0 Å². The van der Waals surface area contributed by atoms with Gasteiger partial charge in [-0.3, -0.25) is 4.79 Å². The molecule has 0 aliphatic heterocycles. The average molecular weight is 260 g/mol. The van der Waals surface area contributed by atoms with Crippen LogP contribution in [0.25, 0.3) is 0 Å². The predicted molar refractivity (Wildman–Crippen MR) is 69.4 cm³/mol. The summed E-state index contributed by atoms with van der Waals surface area (Å²) in [7, 11) is 0. The molecule has 0 amide bonds. The number of aryl methyl sites for hydroxylation is 1. The van der Waals surface area contributed by atoms with Gasteiger partial charge in [-0.15, -0.1) is 0 Å². The zero-order valence-corrected chi connectivity index (χ0v) is 10.6. The van der Waals surface area contributed by atoms with E-state index in [0.29, 0.717) is 17.1 Å². The monoisotopic (exact) mass is 260 g/mol. The number of allylic oxidation sites excluding steroid dienone is 2. The Kier molecular flexibility index (Phi) is 3.75. The molecule has 19 heavy (non-hydrogen) atoms. The first-order chi connectivity index (χ1) is 9.04. The smallest absolute Gasteiger partial charge is 0.229 e. The number of ketones is 1. The van der Waals surface area contributed by atoms with Gasteiger partial charge in [-0.2, -0.15) is 0 Å². The number of anilines is 1. The van der Waals surface area contributed by atoms with Crippen LogP contribution in [-0.4, -0.2) is 10.9 Å². The molecule has 1 aromatic heterocycles. The number of nitrogens with zero attached hydrogens (tertiary/aromatic N) is 1. The van der Waals surface area contributed by atoms with Crippen molar-refractivity contribution in [1.82, 2.24) is 5.16 Å². The fourth-order valence-corrected chi connectivity index (χ4v) is 1.55. The van der Waals surface area contributed by atoms with E-state index in [1.165, 1.54) is 30.3 Å². The van der Waals surface area contributed by atoms with Crippen molar-refractivity contribution in [3.63, 3.8) is 0 Å². The van der Waals surface area contributed by atoms with Crippen molar-refractivity contribution in [3.05, 3.63) is 59.2 Å². The normalized spacial score (nSPS) is 11.4. The van der Waals surface area contributed by atoms with Crippen molar-refractivity contribution in [2.24, 2.45) is 0 Å². The van der Waals surface area contributed by atoms with Crippen LogP contribution in [0, 0.1) is 12.7 Å². The van der Waals surface area contributed by atoms with Gasteiger partial charge in [-0.05, 0) is 38.1 Å². The van der Waals surface area contributed by atoms with Gasteiger partial charge < -0.3 is 9.84 Å². The van der Waals surface area contributed by atoms with Crippen LogP contribution in [-0.2, 0) is 0 Å². The minimum Gasteiger partial charge on any atom is -0.338 e. The lowest BCUT2D eigenvalue weighted by molar-refractivity contribution is 0.104. The summed E-state index contributed by atoms with van der Waals surface area (Å²) in [5.41, 5.74) is 1.79. The molecule has 0 saturated heterocycles. The zero-order chi connectivity index (χ0) is 13.8. The van der Waals surface area contributed by atoms with Gasteiger partial charge in [-0.25, -0.2) is 4.39 Å². The third-order valence-corrected chi connectivity index (χ3v) is 2.42. The molecule has 1 heterocycles. The van der Waals surface area contributed by atoms with Gasteiger partial charge in [0.15, 0.2) is 5.78 Å². The maximum Gasteiger partial charge on any atom is 0.229 e. The Bertz CT molecular complexity index is 615. The SMILES string of the molecule is C/C(=C/C(=O)c1ccc(F)cc1)Nc1cc(C)no1. The largest absolute Gasteiger partial charge is 0.338 e. The molecule has 0 fully saturated rings. The third-order valence-electron chi connectivity index (χ3n) is 2.42. The lowest BCUT2D eigenvalue weighted by Gasteiger charge is -2.01. The van der Waals surface area contributed by atoms with E-state index in [0.717, 1.165) is 5.69 Å². The van der Waals surface area contributed by atoms with Gasteiger partial charge in [0, 0.05) is 23.4 Å². The van der Waals surface area contributed by atoms with Gasteiger partial charge >= 0.3 is 0 Å². The number of hydrogen-bond acceptors (Lipinski definition) is 4. The summed E-state index contributed by atoms with van der Waals surface area (Å²) >= 11 is 0. The molecule has 4 nitrogen and oxygen atoms in total. The summed E-state index contributed by atoms with van der Waals surface area (Å²) in [6.45, 7) is 3.54. The van der Waals surface area contributed by atoms with E-state index in [1.54, 1.807) is 19.9 Å². The van der Waals surface area contributed by atoms with Crippen molar-refractivity contribution in [1.29, 1.82) is 0 Å². The second kappa shape index (κ2) is 5.48. The number of carbonyl (C=O) groups is 1. The minimum absolute atomic E-state index is 0.207. The third kappa shape index (κ3) is 3.51. The number of hydrogen-bond donors (Lipinski definition) is 1. The molecule has 1 N–H and O–H groups in total. The van der Waals surface area contributed by atoms with Crippen LogP contribution in [0.1, 0.15) is 23.0 Å². The van der Waals surface area contributed by atoms with E-state index in [1.807, 2.05) is 0 Å². The first kappa shape index (κ1) is 13.0. The molecule has 5 heteroatoms. The second-order valence-corrected chi connectivity index (χ2v) is 4.16. The van der Waals surface area contributed by atoms with Crippen LogP contribution >= 0.6 is 0 Å². The zero-order valence-electron chi connectivity index (χ0n) is 10.6. The number of nitrogens with one attached hydrogen (secondary N) is 1. The summed E-state index contributed by atoms with van der Waals surface area (Å²) < 4.78 is 17.7. The fourth-order valence-electron chi connectivity index (χ4n) is 1.55. The molecular formula is C14H13FN2O2. The number of carbonyl (C=O) groups excluding carboxylic acids is 1. The van der Waals surface area contributed by atoms with Crippen LogP contribution in [0.15, 0.2) is 46.6 Å². The molecule has 0 spiro atoms. The van der Waals surface area contributed by atoms with Crippen molar-refractivity contribution in [3.8, 4) is 0 Å². The van der Waals surface area contributed by atoms with Crippen molar-refractivity contribution >= 4 is 11.7 Å². The Morgan fingerprint density at radius 1 is 1.37 bits per heavy atom. The minimum atomic E-state index is -0.368. The van der Waals surface area contributed by atoms with Crippen LogP contribution in [0.2, 0.25) is 0 Å². The maximum absolute atomic E-state index is 12.7. The van der Waals surface area contributed by atoms with E-state index < -0.39 is 0 Å². The maximum atomic E-state index is 12.7. The predicted octanol–water partition coefficient (Wildman–Crippen LogP) is 3.32. The molecule has 1 aromatic carbocycles. The molecule has 0 saturated carbocycles. The van der Waals surface area contributed by atoms with Crippen molar-refractivity contribution in [2.75, 3.05) is 5.32 Å². The van der Waals surface area contributed by atoms with Crippen molar-refractivity contribution in [2.45, 2.75) is 13.8 Å². The summed E-state index contributed by atoms with van der Waals surface area (Å²) in [6, 6.07) is 7.12. The average Bonchev–Trinajstić information content (AvgIpc) is 2.75. The number of halogens is 1. The quantitative estimate of drug-likeness (QED) is 0.676. The van der Waals surface area contributed by atoms with Crippen LogP contribution in [0.3, 0.4) is 0 Å². The van der Waals surface area contributed by atoms with Gasteiger partial charge in [0.2, 0.25) is 5.88 Å². The molecule has 0 unspecified atom stereocenters. The first-order valence-corrected chi connectivity index (χ1v) is 5.73. The summed E-state index contributed by atoms with van der Waals surface area (Å²) in [5, 5.41) is 6.64. The summed E-state index contributed by atoms with van der Waals surface area (Å²) in [5.74, 6) is -0.105. The van der Waals surface area contributed by atoms with Crippen molar-refractivity contribution < 1.29 is 13.7 Å². The van der Waals surface area contributed by atoms with E-state index in [2.05, 4.69) is 10.5 Å². The summed E-state index contributed by atoms with van der Waals surface area (Å²) in [6.07, 6.45) is 1.42.